The molecule has 1 aliphatic rings. The minimum absolute atomic E-state index is 0.156. The molecule has 38 heavy (non-hydrogen) atoms. The first-order chi connectivity index (χ1) is 17.7. The zero-order valence-electron chi connectivity index (χ0n) is 23.9. The fourth-order valence-corrected chi connectivity index (χ4v) is 5.10. The maximum atomic E-state index is 13.8. The number of hydrogen-bond donors (Lipinski definition) is 0. The Bertz CT molecular complexity index is 1330. The van der Waals surface area contributed by atoms with E-state index < -0.39 is 5.54 Å². The lowest BCUT2D eigenvalue weighted by Crippen LogP contribution is -2.62. The molecule has 1 fully saturated rings. The quantitative estimate of drug-likeness (QED) is 0.345. The number of halogens is 1. The fraction of sp³-hybridized carbons (Fsp3) is 0.516. The van der Waals surface area contributed by atoms with Crippen molar-refractivity contribution in [1.82, 2.24) is 14.8 Å². The Labute approximate surface area is 231 Å². The van der Waals surface area contributed by atoms with Gasteiger partial charge in [0.05, 0.1) is 11.2 Å². The van der Waals surface area contributed by atoms with E-state index in [9.17, 15) is 9.59 Å². The molecule has 1 aromatic carbocycles. The standard InChI is InChI=1S/C31H40ClN3O3/c1-19(2)20(3)15-27(36)34-13-14-35(31(7,8)18-34)29(37)26-17-25-28(38-26)23(30(4,5)6)16-24(33-25)21-9-11-22(32)12-10-21/h9-12,16-17,19-20H,13-15,18H2,1-8H3/t20-/m1/s1. The van der Waals surface area contributed by atoms with E-state index in [0.29, 0.717) is 54.0 Å². The van der Waals surface area contributed by atoms with Gasteiger partial charge in [-0.15, -0.1) is 0 Å². The average molecular weight is 538 g/mol. The Kier molecular flexibility index (Phi) is 7.68. The number of amides is 2. The molecule has 204 valence electrons. The van der Waals surface area contributed by atoms with E-state index in [1.807, 2.05) is 54.0 Å². The topological polar surface area (TPSA) is 66.7 Å². The third-order valence-corrected chi connectivity index (χ3v) is 8.02. The summed E-state index contributed by atoms with van der Waals surface area (Å²) in [6, 6.07) is 11.4. The van der Waals surface area contributed by atoms with Gasteiger partial charge in [0.15, 0.2) is 11.3 Å². The van der Waals surface area contributed by atoms with Gasteiger partial charge in [-0.1, -0.05) is 65.3 Å². The molecule has 6 nitrogen and oxygen atoms in total. The molecule has 3 aromatic rings. The van der Waals surface area contributed by atoms with Crippen molar-refractivity contribution in [2.45, 2.75) is 72.8 Å². The molecule has 2 amide bonds. The first kappa shape index (κ1) is 28.2. The molecule has 3 heterocycles. The number of carbonyl (C=O) groups excluding carboxylic acids is 2. The number of furan rings is 1. The number of piperazine rings is 1. The molecular weight excluding hydrogens is 498 g/mol. The van der Waals surface area contributed by atoms with E-state index in [0.717, 1.165) is 16.8 Å². The molecule has 4 rings (SSSR count). The molecule has 0 N–H and O–H groups in total. The Morgan fingerprint density at radius 3 is 2.32 bits per heavy atom. The van der Waals surface area contributed by atoms with Gasteiger partial charge in [-0.25, -0.2) is 4.98 Å². The number of pyridine rings is 1. The van der Waals surface area contributed by atoms with Gasteiger partial charge in [0.2, 0.25) is 5.91 Å². The van der Waals surface area contributed by atoms with E-state index in [1.165, 1.54) is 0 Å². The maximum Gasteiger partial charge on any atom is 0.290 e. The van der Waals surface area contributed by atoms with Gasteiger partial charge in [-0.3, -0.25) is 9.59 Å². The second-order valence-electron chi connectivity index (χ2n) is 12.6. The highest BCUT2D eigenvalue weighted by Gasteiger charge is 2.40. The average Bonchev–Trinajstić information content (AvgIpc) is 3.26. The molecule has 1 aliphatic heterocycles. The molecule has 0 bridgehead atoms. The van der Waals surface area contributed by atoms with Gasteiger partial charge in [0, 0.05) is 48.3 Å². The fourth-order valence-electron chi connectivity index (χ4n) is 4.97. The second kappa shape index (κ2) is 10.4. The van der Waals surface area contributed by atoms with Crippen LogP contribution >= 0.6 is 11.6 Å². The van der Waals surface area contributed by atoms with Crippen molar-refractivity contribution >= 4 is 34.5 Å². The normalized spacial score (nSPS) is 16.8. The van der Waals surface area contributed by atoms with Crippen molar-refractivity contribution < 1.29 is 14.0 Å². The lowest BCUT2D eigenvalue weighted by Gasteiger charge is -2.47. The highest BCUT2D eigenvalue weighted by molar-refractivity contribution is 6.30. The molecule has 1 atom stereocenters. The summed E-state index contributed by atoms with van der Waals surface area (Å²) in [5.74, 6) is 1.03. The van der Waals surface area contributed by atoms with E-state index in [2.05, 4.69) is 41.5 Å². The maximum absolute atomic E-state index is 13.8. The van der Waals surface area contributed by atoms with Crippen molar-refractivity contribution in [3.63, 3.8) is 0 Å². The highest BCUT2D eigenvalue weighted by atomic mass is 35.5. The summed E-state index contributed by atoms with van der Waals surface area (Å²) >= 11 is 6.09. The van der Waals surface area contributed by atoms with Gasteiger partial charge >= 0.3 is 0 Å². The zero-order chi connectivity index (χ0) is 28.0. The van der Waals surface area contributed by atoms with Crippen molar-refractivity contribution in [2.75, 3.05) is 19.6 Å². The smallest absolute Gasteiger partial charge is 0.290 e. The Morgan fingerprint density at radius 1 is 1.08 bits per heavy atom. The van der Waals surface area contributed by atoms with Crippen LogP contribution in [-0.4, -0.2) is 51.8 Å². The molecule has 7 heteroatoms. The largest absolute Gasteiger partial charge is 0.449 e. The molecule has 0 spiro atoms. The van der Waals surface area contributed by atoms with Crippen molar-refractivity contribution in [3.05, 3.63) is 52.7 Å². The van der Waals surface area contributed by atoms with Crippen molar-refractivity contribution in [1.29, 1.82) is 0 Å². The molecular formula is C31H40ClN3O3. The van der Waals surface area contributed by atoms with Crippen molar-refractivity contribution in [2.24, 2.45) is 11.8 Å². The lowest BCUT2D eigenvalue weighted by atomic mass is 9.86. The van der Waals surface area contributed by atoms with Crippen LogP contribution in [0.3, 0.4) is 0 Å². The first-order valence-electron chi connectivity index (χ1n) is 13.5. The number of carbonyl (C=O) groups is 2. The van der Waals surface area contributed by atoms with Crippen LogP contribution < -0.4 is 0 Å². The Balaban J connectivity index is 1.63. The summed E-state index contributed by atoms with van der Waals surface area (Å²) in [6.45, 7) is 18.3. The van der Waals surface area contributed by atoms with Gasteiger partial charge in [0.1, 0.15) is 5.52 Å². The first-order valence-corrected chi connectivity index (χ1v) is 13.9. The minimum Gasteiger partial charge on any atom is -0.449 e. The Hall–Kier alpha value is -2.86. The highest BCUT2D eigenvalue weighted by Crippen LogP contribution is 2.36. The summed E-state index contributed by atoms with van der Waals surface area (Å²) in [6.07, 6.45) is 0.530. The van der Waals surface area contributed by atoms with Crippen LogP contribution in [0.4, 0.5) is 0 Å². The van der Waals surface area contributed by atoms with Crippen LogP contribution in [0, 0.1) is 11.8 Å². The van der Waals surface area contributed by atoms with E-state index in [-0.39, 0.29) is 23.0 Å². The van der Waals surface area contributed by atoms with E-state index in [1.54, 1.807) is 6.07 Å². The molecule has 0 saturated carbocycles. The van der Waals surface area contributed by atoms with Crippen LogP contribution in [-0.2, 0) is 10.2 Å². The summed E-state index contributed by atoms with van der Waals surface area (Å²) in [7, 11) is 0. The molecule has 0 unspecified atom stereocenters. The number of fused-ring (bicyclic) bond motifs is 1. The number of rotatable bonds is 5. The summed E-state index contributed by atoms with van der Waals surface area (Å²) in [4.78, 5) is 35.3. The molecule has 1 saturated heterocycles. The minimum atomic E-state index is -0.528. The monoisotopic (exact) mass is 537 g/mol. The van der Waals surface area contributed by atoms with Crippen molar-refractivity contribution in [3.8, 4) is 11.3 Å². The third-order valence-electron chi connectivity index (χ3n) is 7.77. The van der Waals surface area contributed by atoms with Crippen LogP contribution in [0.25, 0.3) is 22.4 Å². The number of hydrogen-bond acceptors (Lipinski definition) is 4. The lowest BCUT2D eigenvalue weighted by molar-refractivity contribution is -0.136. The van der Waals surface area contributed by atoms with Crippen LogP contribution in [0.15, 0.2) is 40.8 Å². The van der Waals surface area contributed by atoms with Gasteiger partial charge < -0.3 is 14.2 Å². The predicted molar refractivity (Wildman–Crippen MR) is 153 cm³/mol. The number of nitrogens with zero attached hydrogens (tertiary/aromatic N) is 3. The third kappa shape index (κ3) is 5.75. The summed E-state index contributed by atoms with van der Waals surface area (Å²) in [5.41, 5.74) is 3.28. The number of benzene rings is 1. The van der Waals surface area contributed by atoms with Crippen LogP contribution in [0.2, 0.25) is 5.02 Å². The van der Waals surface area contributed by atoms with E-state index in [4.69, 9.17) is 21.0 Å². The van der Waals surface area contributed by atoms with Gasteiger partial charge in [-0.2, -0.15) is 0 Å². The summed E-state index contributed by atoms with van der Waals surface area (Å²) < 4.78 is 6.24. The van der Waals surface area contributed by atoms with Gasteiger partial charge in [0.25, 0.3) is 5.91 Å². The SMILES string of the molecule is CC(C)[C@H](C)CC(=O)N1CCN(C(=O)c2cc3nc(-c4ccc(Cl)cc4)cc(C(C)(C)C)c3o2)C(C)(C)C1. The zero-order valence-corrected chi connectivity index (χ0v) is 24.6. The van der Waals surface area contributed by atoms with Crippen LogP contribution in [0.1, 0.15) is 77.9 Å². The second-order valence-corrected chi connectivity index (χ2v) is 13.1. The Morgan fingerprint density at radius 2 is 1.74 bits per heavy atom. The molecule has 2 aromatic heterocycles. The molecule has 0 aliphatic carbocycles. The van der Waals surface area contributed by atoms with Crippen LogP contribution in [0.5, 0.6) is 0 Å². The predicted octanol–water partition coefficient (Wildman–Crippen LogP) is 7.19. The van der Waals surface area contributed by atoms with Gasteiger partial charge in [-0.05, 0) is 49.3 Å². The van der Waals surface area contributed by atoms with E-state index >= 15 is 0 Å². The summed E-state index contributed by atoms with van der Waals surface area (Å²) in [5, 5.41) is 0.668. The number of aromatic nitrogens is 1. The molecule has 0 radical (unpaired) electrons.